The Kier molecular flexibility index (Phi) is 4.65. The summed E-state index contributed by atoms with van der Waals surface area (Å²) in [4.78, 5) is 10.6. The van der Waals surface area contributed by atoms with Gasteiger partial charge in [-0.05, 0) is 43.5 Å². The van der Waals surface area contributed by atoms with Gasteiger partial charge < -0.3 is 15.0 Å². The number of phenols is 1. The van der Waals surface area contributed by atoms with Crippen molar-refractivity contribution in [3.63, 3.8) is 0 Å². The Bertz CT molecular complexity index is 372. The molecule has 0 atom stereocenters. The summed E-state index contributed by atoms with van der Waals surface area (Å²) in [5.41, 5.74) is 2.21. The number of aromatic hydroxyl groups is 1. The second-order valence-electron chi connectivity index (χ2n) is 3.13. The molecule has 0 radical (unpaired) electrons. The maximum atomic E-state index is 10.6. The molecule has 0 unspecified atom stereocenters. The first-order valence-electron chi connectivity index (χ1n) is 3.96. The van der Waals surface area contributed by atoms with Crippen molar-refractivity contribution in [2.75, 3.05) is 0 Å². The van der Waals surface area contributed by atoms with Gasteiger partial charge in [0, 0.05) is 5.56 Å². The Morgan fingerprint density at radius 1 is 1.29 bits per heavy atom. The molecule has 1 N–H and O–H groups in total. The van der Waals surface area contributed by atoms with Crippen LogP contribution < -0.4 is 34.7 Å². The number of aryl methyl sites for hydroxylation is 1. The van der Waals surface area contributed by atoms with Crippen molar-refractivity contribution in [2.45, 2.75) is 20.8 Å². The monoisotopic (exact) mass is 202 g/mol. The van der Waals surface area contributed by atoms with Gasteiger partial charge in [0.25, 0.3) is 0 Å². The molecule has 0 fully saturated rings. The van der Waals surface area contributed by atoms with Crippen molar-refractivity contribution < 1.29 is 44.6 Å². The van der Waals surface area contributed by atoms with E-state index in [0.29, 0.717) is 5.56 Å². The Hall–Kier alpha value is -0.510. The Balaban J connectivity index is 0.00000169. The number of aromatic carboxylic acids is 1. The van der Waals surface area contributed by atoms with Gasteiger partial charge >= 0.3 is 29.6 Å². The molecule has 0 saturated heterocycles. The second kappa shape index (κ2) is 4.82. The minimum atomic E-state index is -1.34. The van der Waals surface area contributed by atoms with Gasteiger partial charge in [-0.1, -0.05) is 0 Å². The number of rotatable bonds is 1. The molecule has 1 aromatic carbocycles. The van der Waals surface area contributed by atoms with E-state index in [1.165, 1.54) is 6.07 Å². The number of hydrogen-bond donors (Lipinski definition) is 1. The van der Waals surface area contributed by atoms with Crippen LogP contribution in [-0.2, 0) is 0 Å². The van der Waals surface area contributed by atoms with Crippen molar-refractivity contribution in [1.82, 2.24) is 0 Å². The molecule has 1 rings (SSSR count). The smallest absolute Gasteiger partial charge is 0.545 e. The quantitative estimate of drug-likeness (QED) is 0.520. The van der Waals surface area contributed by atoms with E-state index in [4.69, 9.17) is 0 Å². The molecule has 4 heteroatoms. The summed E-state index contributed by atoms with van der Waals surface area (Å²) in [5.74, 6) is -1.56. The summed E-state index contributed by atoms with van der Waals surface area (Å²) < 4.78 is 0. The minimum absolute atomic E-state index is 0. The van der Waals surface area contributed by atoms with Crippen molar-refractivity contribution in [1.29, 1.82) is 0 Å². The van der Waals surface area contributed by atoms with Crippen LogP contribution in [0.2, 0.25) is 0 Å². The molecule has 1 aromatic rings. The van der Waals surface area contributed by atoms with Gasteiger partial charge in [-0.15, -0.1) is 0 Å². The van der Waals surface area contributed by atoms with Crippen LogP contribution in [0.15, 0.2) is 6.07 Å². The van der Waals surface area contributed by atoms with Gasteiger partial charge in [0.1, 0.15) is 5.75 Å². The molecule has 0 aliphatic rings. The van der Waals surface area contributed by atoms with Crippen LogP contribution in [0.4, 0.5) is 0 Å². The number of carbonyl (C=O) groups excluding carboxylic acids is 1. The summed E-state index contributed by atoms with van der Waals surface area (Å²) in [6.45, 7) is 5.30. The maximum Gasteiger partial charge on any atom is 1.00 e. The van der Waals surface area contributed by atoms with E-state index in [0.717, 1.165) is 11.1 Å². The third-order valence-corrected chi connectivity index (χ3v) is 2.34. The molecule has 0 aliphatic carbocycles. The van der Waals surface area contributed by atoms with Crippen LogP contribution in [0.5, 0.6) is 5.75 Å². The summed E-state index contributed by atoms with van der Waals surface area (Å²) in [7, 11) is 0. The maximum absolute atomic E-state index is 10.6. The van der Waals surface area contributed by atoms with Crippen LogP contribution in [0.1, 0.15) is 27.0 Å². The number of hydrogen-bond acceptors (Lipinski definition) is 3. The van der Waals surface area contributed by atoms with Crippen LogP contribution in [0.25, 0.3) is 0 Å². The fourth-order valence-corrected chi connectivity index (χ4v) is 1.32. The first-order valence-corrected chi connectivity index (χ1v) is 3.96. The summed E-state index contributed by atoms with van der Waals surface area (Å²) in [6.07, 6.45) is 0. The summed E-state index contributed by atoms with van der Waals surface area (Å²) >= 11 is 0. The molecule has 0 bridgehead atoms. The fourth-order valence-electron chi connectivity index (χ4n) is 1.32. The van der Waals surface area contributed by atoms with Crippen LogP contribution in [0.3, 0.4) is 0 Å². The van der Waals surface area contributed by atoms with Gasteiger partial charge in [0.15, 0.2) is 0 Å². The van der Waals surface area contributed by atoms with E-state index in [-0.39, 0.29) is 40.9 Å². The van der Waals surface area contributed by atoms with Crippen LogP contribution in [0, 0.1) is 20.8 Å². The van der Waals surface area contributed by atoms with E-state index in [2.05, 4.69) is 0 Å². The molecule has 0 aromatic heterocycles. The van der Waals surface area contributed by atoms with E-state index in [1.54, 1.807) is 6.92 Å². The average Bonchev–Trinajstić information content (AvgIpc) is 1.99. The van der Waals surface area contributed by atoms with E-state index in [1.807, 2.05) is 13.8 Å². The molecule has 0 amide bonds. The van der Waals surface area contributed by atoms with Crippen molar-refractivity contribution in [3.8, 4) is 5.75 Å². The number of carboxylic acids is 1. The SMILES string of the molecule is Cc1cc(O)c(C(=O)[O-])c(C)c1C.[Na+]. The Morgan fingerprint density at radius 2 is 1.79 bits per heavy atom. The molecule has 0 aliphatic heterocycles. The zero-order valence-corrected chi connectivity index (χ0v) is 10.8. The third-order valence-electron chi connectivity index (χ3n) is 2.34. The number of carbonyl (C=O) groups is 1. The second-order valence-corrected chi connectivity index (χ2v) is 3.13. The zero-order valence-electron chi connectivity index (χ0n) is 8.84. The standard InChI is InChI=1S/C10H12O3.Na/c1-5-4-8(11)9(10(12)13)7(3)6(5)2;/h4,11H,1-3H3,(H,12,13);/q;+1/p-1. The van der Waals surface area contributed by atoms with Crippen molar-refractivity contribution >= 4 is 5.97 Å². The normalized spacial score (nSPS) is 9.36. The number of carboxylic acid groups (broad SMARTS) is 1. The van der Waals surface area contributed by atoms with Crippen LogP contribution in [-0.4, -0.2) is 11.1 Å². The van der Waals surface area contributed by atoms with Gasteiger partial charge in [0.2, 0.25) is 0 Å². The fraction of sp³-hybridized carbons (Fsp3) is 0.300. The molecular formula is C10H11NaO3. The first-order chi connectivity index (χ1) is 5.95. The van der Waals surface area contributed by atoms with Gasteiger partial charge in [0.05, 0.1) is 5.97 Å². The largest absolute Gasteiger partial charge is 1.00 e. The zero-order chi connectivity index (χ0) is 10.2. The van der Waals surface area contributed by atoms with Crippen LogP contribution >= 0.6 is 0 Å². The minimum Gasteiger partial charge on any atom is -0.545 e. The molecule has 0 heterocycles. The third kappa shape index (κ3) is 2.29. The molecule has 14 heavy (non-hydrogen) atoms. The molecule has 3 nitrogen and oxygen atoms in total. The number of benzene rings is 1. The topological polar surface area (TPSA) is 60.4 Å². The van der Waals surface area contributed by atoms with Crippen molar-refractivity contribution in [3.05, 3.63) is 28.3 Å². The Labute approximate surface area is 105 Å². The van der Waals surface area contributed by atoms with E-state index < -0.39 is 5.97 Å². The molecule has 0 spiro atoms. The predicted molar refractivity (Wildman–Crippen MR) is 46.6 cm³/mol. The molecule has 70 valence electrons. The van der Waals surface area contributed by atoms with E-state index >= 15 is 0 Å². The molecular weight excluding hydrogens is 191 g/mol. The van der Waals surface area contributed by atoms with Gasteiger partial charge in [-0.3, -0.25) is 0 Å². The first kappa shape index (κ1) is 13.5. The predicted octanol–water partition coefficient (Wildman–Crippen LogP) is -2.32. The summed E-state index contributed by atoms with van der Waals surface area (Å²) in [6, 6.07) is 1.44. The van der Waals surface area contributed by atoms with Crippen molar-refractivity contribution in [2.24, 2.45) is 0 Å². The van der Waals surface area contributed by atoms with Gasteiger partial charge in [-0.2, -0.15) is 0 Å². The average molecular weight is 202 g/mol. The Morgan fingerprint density at radius 3 is 2.21 bits per heavy atom. The molecule has 0 saturated carbocycles. The van der Waals surface area contributed by atoms with E-state index in [9.17, 15) is 15.0 Å². The summed E-state index contributed by atoms with van der Waals surface area (Å²) in [5, 5.41) is 20.0. The van der Waals surface area contributed by atoms with Gasteiger partial charge in [-0.25, -0.2) is 0 Å².